The van der Waals surface area contributed by atoms with Crippen molar-refractivity contribution in [3.63, 3.8) is 0 Å². The predicted molar refractivity (Wildman–Crippen MR) is 107 cm³/mol. The number of carboxylic acid groups (broad SMARTS) is 2. The van der Waals surface area contributed by atoms with E-state index >= 15 is 0 Å². The summed E-state index contributed by atoms with van der Waals surface area (Å²) in [6.07, 6.45) is -3.34. The van der Waals surface area contributed by atoms with Crippen molar-refractivity contribution in [1.82, 2.24) is 5.32 Å². The van der Waals surface area contributed by atoms with Crippen molar-refractivity contribution >= 4 is 72.6 Å². The Morgan fingerprint density at radius 3 is 1.77 bits per heavy atom. The van der Waals surface area contributed by atoms with E-state index in [1.54, 1.807) is 0 Å². The van der Waals surface area contributed by atoms with Crippen LogP contribution in [0.25, 0.3) is 0 Å². The first-order valence-electron chi connectivity index (χ1n) is 9.11. The Bertz CT molecular complexity index is 596. The summed E-state index contributed by atoms with van der Waals surface area (Å²) in [6.45, 7) is 5.12. The van der Waals surface area contributed by atoms with Crippen LogP contribution in [0.3, 0.4) is 0 Å². The van der Waals surface area contributed by atoms with E-state index < -0.39 is 46.8 Å². The van der Waals surface area contributed by atoms with Gasteiger partial charge in [0, 0.05) is 36.3 Å². The number of hydrogen-bond donors (Lipinski definition) is 6. The van der Waals surface area contributed by atoms with E-state index in [1.165, 1.54) is 27.7 Å². The van der Waals surface area contributed by atoms with Crippen molar-refractivity contribution in [3.05, 3.63) is 0 Å². The summed E-state index contributed by atoms with van der Waals surface area (Å²) in [4.78, 5) is 34.8. The van der Waals surface area contributed by atoms with E-state index in [4.69, 9.17) is 15.3 Å². The Hall–Kier alpha value is -0.709. The standard InChI is InChI=1S/2C9H17NO5.Ba/c2*1-9(2,5-11)7(14)8(15)10-4-3-6(12)13;/h2*7,11,14H,3-5H2,1-2H3,(H,10,15)(H,12,13);/q;;+2/p-2/t2*7-;/m11./s1. The third-order valence-corrected chi connectivity index (χ3v) is 4.00. The van der Waals surface area contributed by atoms with E-state index in [9.17, 15) is 34.8 Å². The van der Waals surface area contributed by atoms with Crippen LogP contribution in [0.2, 0.25) is 0 Å². The first-order valence-corrected chi connectivity index (χ1v) is 9.11. The summed E-state index contributed by atoms with van der Waals surface area (Å²) in [5, 5.41) is 68.5. The van der Waals surface area contributed by atoms with Gasteiger partial charge in [0.15, 0.2) is 0 Å². The first-order chi connectivity index (χ1) is 13.6. The molecule has 6 N–H and O–H groups in total. The van der Waals surface area contributed by atoms with Gasteiger partial charge >= 0.3 is 54.9 Å². The summed E-state index contributed by atoms with van der Waals surface area (Å²) in [7, 11) is 0. The summed E-state index contributed by atoms with van der Waals surface area (Å²) < 4.78 is 0. The number of hydrogen-bond acceptors (Lipinski definition) is 10. The Balaban J connectivity index is -0.000000490. The van der Waals surface area contributed by atoms with E-state index in [0.717, 1.165) is 0 Å². The van der Waals surface area contributed by atoms with Crippen molar-refractivity contribution in [2.45, 2.75) is 52.7 Å². The molecule has 176 valence electrons. The predicted octanol–water partition coefficient (Wildman–Crippen LogP) is -4.16. The van der Waals surface area contributed by atoms with Gasteiger partial charge in [-0.05, 0) is 5.90 Å². The fourth-order valence-corrected chi connectivity index (χ4v) is 1.60. The zero-order chi connectivity index (χ0) is 24.1. The number of aliphatic imine (C=N–C) groups is 1. The van der Waals surface area contributed by atoms with Crippen molar-refractivity contribution < 1.29 is 50.1 Å². The molecule has 31 heavy (non-hydrogen) atoms. The molecule has 0 radical (unpaired) electrons. The Kier molecular flexibility index (Phi) is 19.0. The second-order valence-corrected chi connectivity index (χ2v) is 7.88. The van der Waals surface area contributed by atoms with Crippen LogP contribution in [-0.4, -0.2) is 137 Å². The van der Waals surface area contributed by atoms with Gasteiger partial charge in [-0.1, -0.05) is 27.7 Å². The normalized spacial score (nSPS) is 13.7. The molecular formula is C18H32BaN2O10. The van der Waals surface area contributed by atoms with Crippen molar-refractivity contribution in [3.8, 4) is 0 Å². The third kappa shape index (κ3) is 15.7. The molecule has 0 aliphatic carbocycles. The number of carbonyl (C=O) groups excluding carboxylic acids is 2. The maximum Gasteiger partial charge on any atom is 2.00 e. The molecule has 12 nitrogen and oxygen atoms in total. The SMILES string of the molecule is CC(C)(CO)[C@H](O)C(=O)NCCC(=O)O.CC(C)(CO)[C@H](O)C([O-])=NCCC(=O)[O-].[Ba+2]. The average molecular weight is 574 g/mol. The number of nitrogens with one attached hydrogen (secondary N) is 1. The second kappa shape index (κ2) is 16.9. The van der Waals surface area contributed by atoms with Gasteiger partial charge in [0.25, 0.3) is 0 Å². The largest absolute Gasteiger partial charge is 2.00 e. The van der Waals surface area contributed by atoms with Crippen LogP contribution in [0.1, 0.15) is 40.5 Å². The van der Waals surface area contributed by atoms with Gasteiger partial charge in [0.1, 0.15) is 6.10 Å². The van der Waals surface area contributed by atoms with Crippen LogP contribution >= 0.6 is 0 Å². The molecule has 0 heterocycles. The van der Waals surface area contributed by atoms with Crippen molar-refractivity contribution in [2.24, 2.45) is 15.8 Å². The number of rotatable bonds is 12. The van der Waals surface area contributed by atoms with Crippen molar-refractivity contribution in [2.75, 3.05) is 26.3 Å². The molecule has 0 aliphatic rings. The van der Waals surface area contributed by atoms with Gasteiger partial charge in [-0.2, -0.15) is 0 Å². The van der Waals surface area contributed by atoms with Gasteiger partial charge in [-0.25, -0.2) is 0 Å². The average Bonchev–Trinajstić information content (AvgIpc) is 2.66. The molecule has 0 rings (SSSR count). The fourth-order valence-electron chi connectivity index (χ4n) is 1.60. The molecular weight excluding hydrogens is 542 g/mol. The van der Waals surface area contributed by atoms with E-state index in [-0.39, 0.29) is 88.0 Å². The van der Waals surface area contributed by atoms with Crippen LogP contribution in [0.15, 0.2) is 4.99 Å². The molecule has 0 unspecified atom stereocenters. The molecule has 0 aliphatic heterocycles. The Labute approximate surface area is 221 Å². The number of aliphatic hydroxyl groups excluding tert-OH is 4. The molecule has 0 bridgehead atoms. The van der Waals surface area contributed by atoms with Gasteiger partial charge in [-0.3, -0.25) is 9.59 Å². The minimum Gasteiger partial charge on any atom is -0.860 e. The summed E-state index contributed by atoms with van der Waals surface area (Å²) in [5.74, 6) is -3.82. The molecule has 0 aromatic rings. The number of carboxylic acids is 2. The van der Waals surface area contributed by atoms with Gasteiger partial charge in [-0.15, -0.1) is 0 Å². The van der Waals surface area contributed by atoms with Crippen LogP contribution in [0, 0.1) is 10.8 Å². The van der Waals surface area contributed by atoms with Crippen molar-refractivity contribution in [1.29, 1.82) is 0 Å². The monoisotopic (exact) mass is 574 g/mol. The molecule has 0 aromatic carbocycles. The Morgan fingerprint density at radius 2 is 1.39 bits per heavy atom. The van der Waals surface area contributed by atoms with Gasteiger partial charge < -0.3 is 50.8 Å². The fraction of sp³-hybridized carbons (Fsp3) is 0.778. The molecule has 0 fully saturated rings. The summed E-state index contributed by atoms with van der Waals surface area (Å²) in [5.41, 5.74) is -1.92. The minimum absolute atomic E-state index is 0. The van der Waals surface area contributed by atoms with E-state index in [0.29, 0.717) is 0 Å². The minimum atomic E-state index is -1.43. The molecule has 1 amide bonds. The molecule has 0 saturated carbocycles. The second-order valence-electron chi connectivity index (χ2n) is 7.88. The first kappa shape index (κ1) is 34.9. The molecule has 0 aromatic heterocycles. The molecule has 0 saturated heterocycles. The number of aliphatic carboxylic acids is 2. The molecule has 0 spiro atoms. The van der Waals surface area contributed by atoms with E-state index in [1.807, 2.05) is 0 Å². The van der Waals surface area contributed by atoms with Crippen LogP contribution < -0.4 is 15.5 Å². The van der Waals surface area contributed by atoms with E-state index in [2.05, 4.69) is 10.3 Å². The topological polar surface area (TPSA) is 223 Å². The van der Waals surface area contributed by atoms with Crippen LogP contribution in [0.5, 0.6) is 0 Å². The number of carbonyl (C=O) groups is 3. The zero-order valence-corrected chi connectivity index (χ0v) is 22.8. The summed E-state index contributed by atoms with van der Waals surface area (Å²) >= 11 is 0. The van der Waals surface area contributed by atoms with Crippen LogP contribution in [-0.2, 0) is 14.4 Å². The maximum atomic E-state index is 11.3. The molecule has 2 atom stereocenters. The quantitative estimate of drug-likeness (QED) is 0.0751. The summed E-state index contributed by atoms with van der Waals surface area (Å²) in [6, 6.07) is 0. The maximum absolute atomic E-state index is 11.3. The Morgan fingerprint density at radius 1 is 0.935 bits per heavy atom. The van der Waals surface area contributed by atoms with Gasteiger partial charge in [0.05, 0.1) is 25.7 Å². The van der Waals surface area contributed by atoms with Gasteiger partial charge in [0.2, 0.25) is 5.91 Å². The number of aliphatic hydroxyl groups is 4. The van der Waals surface area contributed by atoms with Crippen LogP contribution in [0.4, 0.5) is 0 Å². The molecule has 13 heteroatoms. The number of nitrogens with zero attached hydrogens (tertiary/aromatic N) is 1. The number of amides is 1. The zero-order valence-electron chi connectivity index (χ0n) is 18.3. The smallest absolute Gasteiger partial charge is 0.860 e. The third-order valence-electron chi connectivity index (χ3n) is 4.00.